The molecule has 0 aromatic carbocycles. The van der Waals surface area contributed by atoms with E-state index in [1.54, 1.807) is 0 Å². The molecule has 0 aromatic rings. The number of ketones is 1. The van der Waals surface area contributed by atoms with Gasteiger partial charge in [0.25, 0.3) is 0 Å². The molecule has 74 valence electrons. The van der Waals surface area contributed by atoms with E-state index in [0.29, 0.717) is 17.1 Å². The summed E-state index contributed by atoms with van der Waals surface area (Å²) in [6, 6.07) is 0. The number of hydrogen-bond acceptors (Lipinski definition) is 1. The minimum atomic E-state index is 0.452. The Morgan fingerprint density at radius 3 is 2.36 bits per heavy atom. The quantitative estimate of drug-likeness (QED) is 0.571. The van der Waals surface area contributed by atoms with Crippen LogP contribution in [0.4, 0.5) is 0 Å². The summed E-state index contributed by atoms with van der Waals surface area (Å²) in [5, 5.41) is 0. The Labute approximate surface area is 84.6 Å². The van der Waals surface area contributed by atoms with Gasteiger partial charge in [-0.2, -0.15) is 0 Å². The van der Waals surface area contributed by atoms with Gasteiger partial charge in [0, 0.05) is 5.92 Å². The molecule has 4 rings (SSSR count). The van der Waals surface area contributed by atoms with Gasteiger partial charge in [0.2, 0.25) is 0 Å². The maximum atomic E-state index is 12.1. The zero-order valence-electron chi connectivity index (χ0n) is 8.84. The summed E-state index contributed by atoms with van der Waals surface area (Å²) in [5.41, 5.74) is 3.07. The van der Waals surface area contributed by atoms with Crippen molar-refractivity contribution in [1.82, 2.24) is 0 Å². The Kier molecular flexibility index (Phi) is 1.02. The van der Waals surface area contributed by atoms with Crippen molar-refractivity contribution >= 4 is 5.78 Å². The maximum absolute atomic E-state index is 12.1. The Balaban J connectivity index is 1.89. The molecule has 5 atom stereocenters. The van der Waals surface area contributed by atoms with E-state index in [9.17, 15) is 4.79 Å². The van der Waals surface area contributed by atoms with Crippen LogP contribution in [0.25, 0.3) is 0 Å². The molecule has 4 aliphatic carbocycles. The molecule has 1 nitrogen and oxygen atoms in total. The topological polar surface area (TPSA) is 17.1 Å². The van der Waals surface area contributed by atoms with Crippen LogP contribution in [-0.2, 0) is 4.79 Å². The summed E-state index contributed by atoms with van der Waals surface area (Å²) in [6.45, 7) is 4.25. The van der Waals surface area contributed by atoms with Gasteiger partial charge in [-0.1, -0.05) is 5.57 Å². The molecule has 14 heavy (non-hydrogen) atoms. The molecule has 0 saturated heterocycles. The van der Waals surface area contributed by atoms with Crippen LogP contribution in [0.5, 0.6) is 0 Å². The third-order valence-corrected chi connectivity index (χ3v) is 6.03. The smallest absolute Gasteiger partial charge is 0.162 e. The first-order chi connectivity index (χ1) is 6.67. The zero-order valence-corrected chi connectivity index (χ0v) is 8.84. The number of carbonyl (C=O) groups is 1. The molecule has 1 spiro atoms. The molecule has 3 fully saturated rings. The fraction of sp³-hybridized carbons (Fsp3) is 0.769. The fourth-order valence-corrected chi connectivity index (χ4v) is 5.17. The second-order valence-electron chi connectivity index (χ2n) is 5.88. The molecule has 1 heteroatoms. The highest BCUT2D eigenvalue weighted by Gasteiger charge is 2.78. The lowest BCUT2D eigenvalue weighted by molar-refractivity contribution is -0.288. The predicted octanol–water partition coefficient (Wildman–Crippen LogP) is 2.57. The fourth-order valence-electron chi connectivity index (χ4n) is 5.17. The first-order valence-corrected chi connectivity index (χ1v) is 5.89. The lowest BCUT2D eigenvalue weighted by Crippen LogP contribution is -2.76. The summed E-state index contributed by atoms with van der Waals surface area (Å²) in [4.78, 5) is 12.1. The molecule has 0 radical (unpaired) electrons. The molecule has 3 saturated carbocycles. The molecule has 0 heterocycles. The summed E-state index contributed by atoms with van der Waals surface area (Å²) >= 11 is 0. The van der Waals surface area contributed by atoms with E-state index < -0.39 is 0 Å². The van der Waals surface area contributed by atoms with Crippen molar-refractivity contribution in [3.05, 3.63) is 11.1 Å². The van der Waals surface area contributed by atoms with Crippen molar-refractivity contribution in [2.75, 3.05) is 0 Å². The van der Waals surface area contributed by atoms with Crippen molar-refractivity contribution in [1.29, 1.82) is 0 Å². The molecule has 0 aromatic heterocycles. The van der Waals surface area contributed by atoms with Gasteiger partial charge in [0.15, 0.2) is 5.78 Å². The molecular weight excluding hydrogens is 172 g/mol. The van der Waals surface area contributed by atoms with Crippen molar-refractivity contribution in [2.24, 2.45) is 29.1 Å². The highest BCUT2D eigenvalue weighted by molar-refractivity contribution is 6.00. The Bertz CT molecular complexity index is 386. The van der Waals surface area contributed by atoms with Gasteiger partial charge in [-0.25, -0.2) is 0 Å². The van der Waals surface area contributed by atoms with E-state index in [1.807, 2.05) is 6.92 Å². The van der Waals surface area contributed by atoms with Crippen molar-refractivity contribution in [3.63, 3.8) is 0 Å². The minimum Gasteiger partial charge on any atom is -0.294 e. The average Bonchev–Trinajstić information content (AvgIpc) is 2.11. The van der Waals surface area contributed by atoms with E-state index in [0.717, 1.165) is 23.3 Å². The molecule has 4 aliphatic rings. The Morgan fingerprint density at radius 2 is 1.71 bits per heavy atom. The van der Waals surface area contributed by atoms with Crippen molar-refractivity contribution < 1.29 is 4.79 Å². The third kappa shape index (κ3) is 0.468. The number of rotatable bonds is 0. The van der Waals surface area contributed by atoms with E-state index in [-0.39, 0.29) is 0 Å². The molecule has 0 N–H and O–H groups in total. The van der Waals surface area contributed by atoms with E-state index >= 15 is 0 Å². The predicted molar refractivity (Wildman–Crippen MR) is 53.6 cm³/mol. The highest BCUT2D eigenvalue weighted by Crippen LogP contribution is 2.82. The van der Waals surface area contributed by atoms with Crippen molar-refractivity contribution in [2.45, 2.75) is 33.1 Å². The largest absolute Gasteiger partial charge is 0.294 e. The Morgan fingerprint density at radius 1 is 1.07 bits per heavy atom. The molecule has 0 amide bonds. The number of hydrogen-bond donors (Lipinski definition) is 0. The average molecular weight is 188 g/mol. The van der Waals surface area contributed by atoms with Crippen LogP contribution >= 0.6 is 0 Å². The summed E-state index contributed by atoms with van der Waals surface area (Å²) in [6.07, 6.45) is 4.05. The Hall–Kier alpha value is -0.590. The van der Waals surface area contributed by atoms with E-state index in [1.165, 1.54) is 24.8 Å². The van der Waals surface area contributed by atoms with Gasteiger partial charge < -0.3 is 0 Å². The SMILES string of the molecule is CC1=C(C)C2CC3CC4CC(C1=O)C432. The van der Waals surface area contributed by atoms with Gasteiger partial charge in [0.05, 0.1) is 0 Å². The highest BCUT2D eigenvalue weighted by atomic mass is 16.1. The van der Waals surface area contributed by atoms with E-state index in [4.69, 9.17) is 0 Å². The van der Waals surface area contributed by atoms with Crippen molar-refractivity contribution in [3.8, 4) is 0 Å². The second kappa shape index (κ2) is 1.87. The van der Waals surface area contributed by atoms with Crippen LogP contribution < -0.4 is 0 Å². The van der Waals surface area contributed by atoms with E-state index in [2.05, 4.69) is 6.92 Å². The summed E-state index contributed by atoms with van der Waals surface area (Å²) < 4.78 is 0. The maximum Gasteiger partial charge on any atom is 0.162 e. The lowest BCUT2D eigenvalue weighted by Gasteiger charge is -2.80. The first kappa shape index (κ1) is 7.67. The molecule has 0 bridgehead atoms. The van der Waals surface area contributed by atoms with Crippen LogP contribution in [0.15, 0.2) is 11.1 Å². The normalized spacial score (nSPS) is 58.0. The summed E-state index contributed by atoms with van der Waals surface area (Å²) in [7, 11) is 0. The molecule has 5 unspecified atom stereocenters. The number of carbonyl (C=O) groups excluding carboxylic acids is 1. The van der Waals surface area contributed by atoms with Gasteiger partial charge in [-0.3, -0.25) is 4.79 Å². The van der Waals surface area contributed by atoms with Gasteiger partial charge in [0.1, 0.15) is 0 Å². The van der Waals surface area contributed by atoms with Crippen LogP contribution in [0.3, 0.4) is 0 Å². The molecule has 0 aliphatic heterocycles. The van der Waals surface area contributed by atoms with Crippen LogP contribution in [0.2, 0.25) is 0 Å². The van der Waals surface area contributed by atoms with Crippen LogP contribution in [-0.4, -0.2) is 5.78 Å². The monoisotopic (exact) mass is 188 g/mol. The minimum absolute atomic E-state index is 0.452. The van der Waals surface area contributed by atoms with Crippen LogP contribution in [0, 0.1) is 29.1 Å². The standard InChI is InChI=1S/C13H16O/c1-6-7(2)12(14)11-5-9-3-8-4-10(6)13(8,9)11/h8-11H,3-5H2,1-2H3. The third-order valence-electron chi connectivity index (χ3n) is 6.03. The van der Waals surface area contributed by atoms with Gasteiger partial charge in [-0.15, -0.1) is 0 Å². The number of allylic oxidation sites excluding steroid dienone is 2. The summed E-state index contributed by atoms with van der Waals surface area (Å²) in [5.74, 6) is 3.63. The first-order valence-electron chi connectivity index (χ1n) is 5.89. The lowest BCUT2D eigenvalue weighted by atomic mass is 9.23. The van der Waals surface area contributed by atoms with Crippen LogP contribution in [0.1, 0.15) is 33.1 Å². The number of Topliss-reactive ketones (excluding diaryl/α,β-unsaturated/α-hetero) is 1. The zero-order chi connectivity index (χ0) is 9.66. The van der Waals surface area contributed by atoms with Gasteiger partial charge >= 0.3 is 0 Å². The molecular formula is C13H16O. The van der Waals surface area contributed by atoms with Gasteiger partial charge in [-0.05, 0) is 61.9 Å². The second-order valence-corrected chi connectivity index (χ2v) is 5.88.